The fourth-order valence-electron chi connectivity index (χ4n) is 4.60. The molecule has 174 valence electrons. The number of anilines is 1. The minimum absolute atomic E-state index is 0.0588. The molecule has 7 heteroatoms. The number of H-pyrrole nitrogens is 1. The van der Waals surface area contributed by atoms with E-state index in [0.717, 1.165) is 73.9 Å². The first-order chi connectivity index (χ1) is 15.6. The fourth-order valence-corrected chi connectivity index (χ4v) is 5.68. The fraction of sp³-hybridized carbons (Fsp3) is 0.600. The largest absolute Gasteiger partial charge is 0.383 e. The minimum Gasteiger partial charge on any atom is -0.383 e. The summed E-state index contributed by atoms with van der Waals surface area (Å²) in [6, 6.07) is 6.98. The maximum absolute atomic E-state index is 8.25. The first kappa shape index (κ1) is 23.3. The summed E-state index contributed by atoms with van der Waals surface area (Å²) in [5, 5.41) is 14.3. The van der Waals surface area contributed by atoms with Crippen molar-refractivity contribution in [2.24, 2.45) is 10.9 Å². The molecule has 0 saturated carbocycles. The van der Waals surface area contributed by atoms with Crippen LogP contribution in [0.2, 0.25) is 0 Å². The Hall–Kier alpha value is -1.83. The number of fused-ring (bicyclic) bond motifs is 1. The summed E-state index contributed by atoms with van der Waals surface area (Å²) in [5.41, 5.74) is 5.39. The molecule has 0 aliphatic carbocycles. The van der Waals surface area contributed by atoms with Crippen LogP contribution in [0.3, 0.4) is 0 Å². The molecule has 0 bridgehead atoms. The van der Waals surface area contributed by atoms with Gasteiger partial charge in [-0.1, -0.05) is 6.92 Å². The summed E-state index contributed by atoms with van der Waals surface area (Å²) in [7, 11) is 1.69. The molecule has 3 heterocycles. The molecule has 1 fully saturated rings. The zero-order valence-electron chi connectivity index (χ0n) is 19.5. The van der Waals surface area contributed by atoms with Crippen LogP contribution >= 0.6 is 11.8 Å². The molecule has 1 aromatic carbocycles. The highest BCUT2D eigenvalue weighted by molar-refractivity contribution is 8.14. The molecule has 2 aromatic rings. The highest BCUT2D eigenvalue weighted by Gasteiger charge is 2.23. The number of nitrogens with zero attached hydrogens (tertiary/aromatic N) is 1. The Labute approximate surface area is 195 Å². The van der Waals surface area contributed by atoms with E-state index < -0.39 is 0 Å². The molecule has 6 nitrogen and oxygen atoms in total. The molecule has 0 amide bonds. The summed E-state index contributed by atoms with van der Waals surface area (Å²) < 4.78 is 10.9. The predicted molar refractivity (Wildman–Crippen MR) is 136 cm³/mol. The van der Waals surface area contributed by atoms with Gasteiger partial charge in [0.2, 0.25) is 0 Å². The number of hydrogen-bond acceptors (Lipinski definition) is 6. The van der Waals surface area contributed by atoms with Gasteiger partial charge in [0.25, 0.3) is 0 Å². The number of benzene rings is 1. The Morgan fingerprint density at radius 1 is 1.34 bits per heavy atom. The predicted octanol–water partition coefficient (Wildman–Crippen LogP) is 5.40. The molecular formula is C25H36N4O2S. The number of rotatable bonds is 10. The Kier molecular flexibility index (Phi) is 7.92. The average molecular weight is 457 g/mol. The summed E-state index contributed by atoms with van der Waals surface area (Å²) in [5.74, 6) is 1.66. The highest BCUT2D eigenvalue weighted by atomic mass is 32.2. The number of aryl methyl sites for hydroxylation is 1. The van der Waals surface area contributed by atoms with Crippen molar-refractivity contribution >= 4 is 39.1 Å². The van der Waals surface area contributed by atoms with E-state index in [0.29, 0.717) is 11.6 Å². The van der Waals surface area contributed by atoms with Crippen molar-refractivity contribution in [3.63, 3.8) is 0 Å². The van der Waals surface area contributed by atoms with Crippen LogP contribution < -0.4 is 5.32 Å². The average Bonchev–Trinajstić information content (AvgIpc) is 3.44. The molecular weight excluding hydrogens is 420 g/mol. The van der Waals surface area contributed by atoms with Crippen LogP contribution in [-0.4, -0.2) is 60.5 Å². The second-order valence-corrected chi connectivity index (χ2v) is 10.0. The number of aromatic nitrogens is 1. The number of methoxy groups -OCH3 is 1. The van der Waals surface area contributed by atoms with Gasteiger partial charge in [-0.25, -0.2) is 0 Å². The Balaban J connectivity index is 1.44. The van der Waals surface area contributed by atoms with Crippen LogP contribution in [0.15, 0.2) is 23.2 Å². The zero-order valence-corrected chi connectivity index (χ0v) is 20.3. The second kappa shape index (κ2) is 10.9. The molecule has 0 spiro atoms. The van der Waals surface area contributed by atoms with E-state index in [4.69, 9.17) is 19.9 Å². The van der Waals surface area contributed by atoms with E-state index in [-0.39, 0.29) is 12.1 Å². The van der Waals surface area contributed by atoms with Crippen molar-refractivity contribution in [1.82, 2.24) is 4.98 Å². The lowest BCUT2D eigenvalue weighted by molar-refractivity contribution is 0.0699. The van der Waals surface area contributed by atoms with Crippen LogP contribution in [0.4, 0.5) is 5.69 Å². The molecule has 2 aliphatic rings. The zero-order chi connectivity index (χ0) is 22.5. The normalized spacial score (nSPS) is 20.5. The first-order valence-electron chi connectivity index (χ1n) is 11.8. The van der Waals surface area contributed by atoms with Crippen LogP contribution in [0, 0.1) is 18.3 Å². The Bertz CT molecular complexity index is 960. The third kappa shape index (κ3) is 5.56. The van der Waals surface area contributed by atoms with Gasteiger partial charge in [-0.2, -0.15) is 0 Å². The Morgan fingerprint density at radius 2 is 2.16 bits per heavy atom. The lowest BCUT2D eigenvalue weighted by atomic mass is 10.0. The van der Waals surface area contributed by atoms with Gasteiger partial charge in [-0.05, 0) is 68.7 Å². The van der Waals surface area contributed by atoms with E-state index >= 15 is 0 Å². The van der Waals surface area contributed by atoms with Gasteiger partial charge >= 0.3 is 0 Å². The van der Waals surface area contributed by atoms with Crippen molar-refractivity contribution in [2.75, 3.05) is 37.9 Å². The van der Waals surface area contributed by atoms with Crippen LogP contribution in [-0.2, 0) is 9.47 Å². The van der Waals surface area contributed by atoms with Crippen LogP contribution in [0.25, 0.3) is 10.9 Å². The van der Waals surface area contributed by atoms with E-state index in [1.165, 1.54) is 16.6 Å². The SMILES string of the molecule is CC[C@@H](OC)C(=N)CC[C@H]1CSC(c2cc3cc(C)cc(NCC4CCOCC4)c3[nH]2)=N1. The van der Waals surface area contributed by atoms with Crippen molar-refractivity contribution < 1.29 is 9.47 Å². The van der Waals surface area contributed by atoms with Crippen molar-refractivity contribution in [3.8, 4) is 0 Å². The van der Waals surface area contributed by atoms with Crippen molar-refractivity contribution in [2.45, 2.75) is 58.1 Å². The first-order valence-corrected chi connectivity index (χ1v) is 12.8. The lowest BCUT2D eigenvalue weighted by Crippen LogP contribution is -2.22. The summed E-state index contributed by atoms with van der Waals surface area (Å²) in [6.07, 6.45) is 4.72. The molecule has 3 N–H and O–H groups in total. The van der Waals surface area contributed by atoms with Gasteiger partial charge in [0.1, 0.15) is 5.04 Å². The molecule has 0 radical (unpaired) electrons. The molecule has 2 atom stereocenters. The third-order valence-corrected chi connectivity index (χ3v) is 7.68. The van der Waals surface area contributed by atoms with E-state index in [9.17, 15) is 0 Å². The molecule has 32 heavy (non-hydrogen) atoms. The van der Waals surface area contributed by atoms with Gasteiger partial charge < -0.3 is 25.2 Å². The van der Waals surface area contributed by atoms with Gasteiger partial charge in [0.15, 0.2) is 0 Å². The molecule has 1 saturated heterocycles. The van der Waals surface area contributed by atoms with Gasteiger partial charge in [0, 0.05) is 43.7 Å². The van der Waals surface area contributed by atoms with Crippen molar-refractivity contribution in [3.05, 3.63) is 29.5 Å². The maximum Gasteiger partial charge on any atom is 0.114 e. The quantitative estimate of drug-likeness (QED) is 0.418. The number of nitrogens with one attached hydrogen (secondary N) is 3. The number of hydrogen-bond donors (Lipinski definition) is 3. The maximum atomic E-state index is 8.25. The Morgan fingerprint density at radius 3 is 2.91 bits per heavy atom. The summed E-state index contributed by atoms with van der Waals surface area (Å²) in [6.45, 7) is 6.96. The second-order valence-electron chi connectivity index (χ2n) is 8.99. The van der Waals surface area contributed by atoms with Gasteiger partial charge in [0.05, 0.1) is 29.0 Å². The summed E-state index contributed by atoms with van der Waals surface area (Å²) in [4.78, 5) is 8.63. The van der Waals surface area contributed by atoms with Gasteiger partial charge in [-0.15, -0.1) is 11.8 Å². The number of aromatic amines is 1. The van der Waals surface area contributed by atoms with Gasteiger partial charge in [-0.3, -0.25) is 4.99 Å². The molecule has 2 aliphatic heterocycles. The van der Waals surface area contributed by atoms with E-state index in [1.807, 2.05) is 11.8 Å². The van der Waals surface area contributed by atoms with Crippen LogP contribution in [0.5, 0.6) is 0 Å². The third-order valence-electron chi connectivity index (χ3n) is 6.53. The lowest BCUT2D eigenvalue weighted by Gasteiger charge is -2.23. The molecule has 4 rings (SSSR count). The monoisotopic (exact) mass is 456 g/mol. The summed E-state index contributed by atoms with van der Waals surface area (Å²) >= 11 is 1.82. The van der Waals surface area contributed by atoms with E-state index in [2.05, 4.69) is 42.3 Å². The minimum atomic E-state index is -0.0588. The van der Waals surface area contributed by atoms with Crippen molar-refractivity contribution in [1.29, 1.82) is 5.41 Å². The number of aliphatic imine (C=N–C) groups is 1. The number of thioether (sulfide) groups is 1. The topological polar surface area (TPSA) is 82.5 Å². The van der Waals surface area contributed by atoms with E-state index in [1.54, 1.807) is 7.11 Å². The van der Waals surface area contributed by atoms with Crippen LogP contribution in [0.1, 0.15) is 50.3 Å². The highest BCUT2D eigenvalue weighted by Crippen LogP contribution is 2.31. The molecule has 0 unspecified atom stereocenters. The molecule has 1 aromatic heterocycles. The standard InChI is InChI=1S/C25H36N4O2S/c1-4-23(30-3)20(26)6-5-19-15-32-25(28-19)22-13-18-11-16(2)12-21(24(18)29-22)27-14-17-7-9-31-10-8-17/h11-13,17,19,23,26-27,29H,4-10,14-15H2,1-3H3/t19-,23+/m0/s1. The smallest absolute Gasteiger partial charge is 0.114 e. The number of ether oxygens (including phenoxy) is 2.